The van der Waals surface area contributed by atoms with Gasteiger partial charge in [-0.05, 0) is 19.8 Å². The van der Waals surface area contributed by atoms with Crippen LogP contribution in [-0.4, -0.2) is 23.1 Å². The van der Waals surface area contributed by atoms with Crippen LogP contribution in [0.25, 0.3) is 0 Å². The van der Waals surface area contributed by atoms with Gasteiger partial charge in [0.25, 0.3) is 0 Å². The zero-order valence-corrected chi connectivity index (χ0v) is 11.4. The van der Waals surface area contributed by atoms with E-state index in [-0.39, 0.29) is 6.61 Å². The van der Waals surface area contributed by atoms with Gasteiger partial charge in [0.2, 0.25) is 5.88 Å². The second-order valence-electron chi connectivity index (χ2n) is 4.09. The predicted octanol–water partition coefficient (Wildman–Crippen LogP) is 2.57. The number of hydrogen-bond donors (Lipinski definition) is 1. The van der Waals surface area contributed by atoms with Crippen molar-refractivity contribution in [3.05, 3.63) is 11.4 Å². The molecule has 0 aliphatic heterocycles. The number of hydrogen-bond acceptors (Lipinski definition) is 4. The Labute approximate surface area is 109 Å². The molecule has 0 unspecified atom stereocenters. The zero-order chi connectivity index (χ0) is 13.4. The summed E-state index contributed by atoms with van der Waals surface area (Å²) in [6, 6.07) is 0. The lowest BCUT2D eigenvalue weighted by Crippen LogP contribution is -2.10. The van der Waals surface area contributed by atoms with Crippen LogP contribution >= 0.6 is 0 Å². The highest BCUT2D eigenvalue weighted by molar-refractivity contribution is 5.48. The first kappa shape index (κ1) is 14.3. The molecule has 1 rings (SSSR count). The van der Waals surface area contributed by atoms with E-state index in [0.717, 1.165) is 43.0 Å². The topological polar surface area (TPSA) is 47.0 Å². The number of terminal acetylenes is 1. The van der Waals surface area contributed by atoms with E-state index in [9.17, 15) is 0 Å². The van der Waals surface area contributed by atoms with Gasteiger partial charge in [0.15, 0.2) is 6.61 Å². The quantitative estimate of drug-likeness (QED) is 0.752. The molecule has 0 saturated carbocycles. The van der Waals surface area contributed by atoms with E-state index < -0.39 is 0 Å². The average Bonchev–Trinajstić information content (AvgIpc) is 2.37. The highest BCUT2D eigenvalue weighted by Gasteiger charge is 2.11. The second kappa shape index (κ2) is 7.54. The molecule has 1 aromatic heterocycles. The molecule has 1 N–H and O–H groups in total. The molecule has 0 fully saturated rings. The summed E-state index contributed by atoms with van der Waals surface area (Å²) in [5, 5.41) is 3.30. The Balaban J connectivity index is 2.99. The van der Waals surface area contributed by atoms with Gasteiger partial charge in [-0.1, -0.05) is 19.8 Å². The van der Waals surface area contributed by atoms with Crippen LogP contribution in [0.4, 0.5) is 5.82 Å². The molecule has 98 valence electrons. The third kappa shape index (κ3) is 3.92. The predicted molar refractivity (Wildman–Crippen MR) is 73.9 cm³/mol. The first-order chi connectivity index (χ1) is 8.72. The summed E-state index contributed by atoms with van der Waals surface area (Å²) in [5.41, 5.74) is 0.915. The summed E-state index contributed by atoms with van der Waals surface area (Å²) in [4.78, 5) is 8.91. The van der Waals surface area contributed by atoms with Crippen molar-refractivity contribution < 1.29 is 4.74 Å². The van der Waals surface area contributed by atoms with E-state index in [2.05, 4.69) is 35.1 Å². The van der Waals surface area contributed by atoms with Gasteiger partial charge in [-0.15, -0.1) is 6.42 Å². The van der Waals surface area contributed by atoms with E-state index >= 15 is 0 Å². The molecule has 18 heavy (non-hydrogen) atoms. The van der Waals surface area contributed by atoms with Crippen LogP contribution in [-0.2, 0) is 6.42 Å². The Morgan fingerprint density at radius 1 is 1.28 bits per heavy atom. The highest BCUT2D eigenvalue weighted by atomic mass is 16.5. The lowest BCUT2D eigenvalue weighted by Gasteiger charge is -2.13. The van der Waals surface area contributed by atoms with Gasteiger partial charge in [-0.25, -0.2) is 4.98 Å². The number of ether oxygens (including phenoxy) is 1. The van der Waals surface area contributed by atoms with Gasteiger partial charge in [0, 0.05) is 13.0 Å². The summed E-state index contributed by atoms with van der Waals surface area (Å²) in [5.74, 6) is 4.69. The first-order valence-corrected chi connectivity index (χ1v) is 6.40. The van der Waals surface area contributed by atoms with Crippen molar-refractivity contribution in [2.24, 2.45) is 0 Å². The maximum absolute atomic E-state index is 5.47. The Kier molecular flexibility index (Phi) is 5.99. The summed E-state index contributed by atoms with van der Waals surface area (Å²) >= 11 is 0. The fourth-order valence-corrected chi connectivity index (χ4v) is 1.54. The molecule has 0 aromatic carbocycles. The normalized spacial score (nSPS) is 9.89. The fourth-order valence-electron chi connectivity index (χ4n) is 1.54. The smallest absolute Gasteiger partial charge is 0.222 e. The van der Waals surface area contributed by atoms with Crippen LogP contribution in [0.3, 0.4) is 0 Å². The van der Waals surface area contributed by atoms with Gasteiger partial charge >= 0.3 is 0 Å². The number of nitrogens with one attached hydrogen (secondary N) is 1. The van der Waals surface area contributed by atoms with Gasteiger partial charge in [-0.2, -0.15) is 4.98 Å². The van der Waals surface area contributed by atoms with E-state index in [1.807, 2.05) is 6.92 Å². The first-order valence-electron chi connectivity index (χ1n) is 6.40. The molecule has 0 amide bonds. The number of aromatic nitrogens is 2. The summed E-state index contributed by atoms with van der Waals surface area (Å²) in [6.07, 6.45) is 8.10. The van der Waals surface area contributed by atoms with Crippen LogP contribution < -0.4 is 10.1 Å². The molecule has 1 aromatic rings. The van der Waals surface area contributed by atoms with Gasteiger partial charge in [0.05, 0.1) is 5.56 Å². The lowest BCUT2D eigenvalue weighted by atomic mass is 10.2. The molecular weight excluding hydrogens is 226 g/mol. The number of nitrogens with zero attached hydrogens (tertiary/aromatic N) is 2. The van der Waals surface area contributed by atoms with Gasteiger partial charge in [0.1, 0.15) is 11.6 Å². The van der Waals surface area contributed by atoms with Crippen LogP contribution in [0.15, 0.2) is 0 Å². The van der Waals surface area contributed by atoms with Crippen LogP contribution in [0.2, 0.25) is 0 Å². The van der Waals surface area contributed by atoms with Crippen molar-refractivity contribution in [3.63, 3.8) is 0 Å². The number of rotatable bonds is 7. The largest absolute Gasteiger partial charge is 0.464 e. The minimum atomic E-state index is 0.233. The van der Waals surface area contributed by atoms with E-state index in [1.165, 1.54) is 0 Å². The van der Waals surface area contributed by atoms with Crippen molar-refractivity contribution in [3.8, 4) is 18.2 Å². The molecule has 0 bridgehead atoms. The molecule has 0 radical (unpaired) electrons. The Bertz CT molecular complexity index is 424. The minimum absolute atomic E-state index is 0.233. The Morgan fingerprint density at radius 3 is 2.67 bits per heavy atom. The van der Waals surface area contributed by atoms with Crippen LogP contribution in [0.5, 0.6) is 5.88 Å². The SMILES string of the molecule is C#CCOc1nc(CCC)nc(NCCC)c1C. The fraction of sp³-hybridized carbons (Fsp3) is 0.571. The minimum Gasteiger partial charge on any atom is -0.464 e. The van der Waals surface area contributed by atoms with Crippen molar-refractivity contribution in [2.75, 3.05) is 18.5 Å². The molecule has 0 spiro atoms. The van der Waals surface area contributed by atoms with Gasteiger partial charge in [-0.3, -0.25) is 0 Å². The molecule has 0 aliphatic carbocycles. The second-order valence-corrected chi connectivity index (χ2v) is 4.09. The van der Waals surface area contributed by atoms with Crippen LogP contribution in [0, 0.1) is 19.3 Å². The van der Waals surface area contributed by atoms with E-state index in [4.69, 9.17) is 11.2 Å². The molecular formula is C14H21N3O. The molecule has 4 heteroatoms. The maximum Gasteiger partial charge on any atom is 0.222 e. The molecule has 1 heterocycles. The Hall–Kier alpha value is -1.76. The standard InChI is InChI=1S/C14H21N3O/c1-5-8-12-16-13(15-9-6-2)11(4)14(17-12)18-10-7-3/h3H,5-6,8-10H2,1-2,4H3,(H,15,16,17). The van der Waals surface area contributed by atoms with Crippen molar-refractivity contribution >= 4 is 5.82 Å². The molecule has 0 aliphatic rings. The monoisotopic (exact) mass is 247 g/mol. The summed E-state index contributed by atoms with van der Waals surface area (Å²) in [6.45, 7) is 7.28. The molecule has 4 nitrogen and oxygen atoms in total. The van der Waals surface area contributed by atoms with Gasteiger partial charge < -0.3 is 10.1 Å². The Morgan fingerprint density at radius 2 is 2.06 bits per heavy atom. The van der Waals surface area contributed by atoms with E-state index in [1.54, 1.807) is 0 Å². The summed E-state index contributed by atoms with van der Waals surface area (Å²) < 4.78 is 5.47. The number of aryl methyl sites for hydroxylation is 1. The highest BCUT2D eigenvalue weighted by Crippen LogP contribution is 2.22. The van der Waals surface area contributed by atoms with Crippen LogP contribution in [0.1, 0.15) is 38.1 Å². The zero-order valence-electron chi connectivity index (χ0n) is 11.4. The number of anilines is 1. The lowest BCUT2D eigenvalue weighted by molar-refractivity contribution is 0.350. The van der Waals surface area contributed by atoms with Crippen molar-refractivity contribution in [2.45, 2.75) is 40.0 Å². The third-order valence-electron chi connectivity index (χ3n) is 2.46. The average molecular weight is 247 g/mol. The summed E-state index contributed by atoms with van der Waals surface area (Å²) in [7, 11) is 0. The molecule has 0 saturated heterocycles. The van der Waals surface area contributed by atoms with E-state index in [0.29, 0.717) is 5.88 Å². The third-order valence-corrected chi connectivity index (χ3v) is 2.46. The van der Waals surface area contributed by atoms with Crippen molar-refractivity contribution in [1.29, 1.82) is 0 Å². The molecule has 0 atom stereocenters. The maximum atomic E-state index is 5.47. The van der Waals surface area contributed by atoms with Crippen molar-refractivity contribution in [1.82, 2.24) is 9.97 Å².